The van der Waals surface area contributed by atoms with E-state index >= 15 is 0 Å². The molecule has 6 nitrogen and oxygen atoms in total. The second-order valence-electron chi connectivity index (χ2n) is 9.76. The van der Waals surface area contributed by atoms with Crippen molar-refractivity contribution in [3.63, 3.8) is 0 Å². The van der Waals surface area contributed by atoms with Gasteiger partial charge in [0.2, 0.25) is 0 Å². The maximum atomic E-state index is 12.0. The van der Waals surface area contributed by atoms with E-state index in [0.717, 1.165) is 37.1 Å². The lowest BCUT2D eigenvalue weighted by molar-refractivity contribution is 0.0944. The van der Waals surface area contributed by atoms with Gasteiger partial charge >= 0.3 is 0 Å². The van der Waals surface area contributed by atoms with Crippen LogP contribution < -0.4 is 10.6 Å². The fourth-order valence-electron chi connectivity index (χ4n) is 4.65. The molecule has 36 heavy (non-hydrogen) atoms. The summed E-state index contributed by atoms with van der Waals surface area (Å²) in [5.41, 5.74) is 1.47. The second-order valence-corrected chi connectivity index (χ2v) is 9.76. The number of rotatable bonds is 16. The Balaban J connectivity index is 1.09. The number of unbranched alkanes of at least 4 members (excludes halogenated alkanes) is 6. The highest BCUT2D eigenvalue weighted by Crippen LogP contribution is 2.08. The van der Waals surface area contributed by atoms with Crippen molar-refractivity contribution in [2.75, 3.05) is 52.4 Å². The number of piperazine rings is 1. The van der Waals surface area contributed by atoms with Crippen molar-refractivity contribution >= 4 is 11.8 Å². The Kier molecular flexibility index (Phi) is 13.1. The Morgan fingerprint density at radius 1 is 0.528 bits per heavy atom. The third kappa shape index (κ3) is 10.9. The predicted octanol–water partition coefficient (Wildman–Crippen LogP) is 4.58. The van der Waals surface area contributed by atoms with Crippen LogP contribution in [0.4, 0.5) is 0 Å². The molecule has 2 N–H and O–H groups in total. The Morgan fingerprint density at radius 3 is 1.28 bits per heavy atom. The summed E-state index contributed by atoms with van der Waals surface area (Å²) in [6, 6.07) is 18.9. The molecule has 0 bridgehead atoms. The van der Waals surface area contributed by atoms with Gasteiger partial charge in [0, 0.05) is 50.4 Å². The van der Waals surface area contributed by atoms with Gasteiger partial charge in [0.15, 0.2) is 0 Å². The maximum Gasteiger partial charge on any atom is 0.251 e. The minimum atomic E-state index is 0.0285. The molecule has 0 aliphatic carbocycles. The third-order valence-corrected chi connectivity index (χ3v) is 6.91. The summed E-state index contributed by atoms with van der Waals surface area (Å²) in [7, 11) is 0. The minimum absolute atomic E-state index is 0.0285. The molecule has 0 unspecified atom stereocenters. The van der Waals surface area contributed by atoms with Crippen LogP contribution in [0.3, 0.4) is 0 Å². The van der Waals surface area contributed by atoms with Crippen molar-refractivity contribution in [2.45, 2.75) is 51.4 Å². The molecule has 3 rings (SSSR count). The molecule has 0 aromatic heterocycles. The largest absolute Gasteiger partial charge is 0.352 e. The fourth-order valence-corrected chi connectivity index (χ4v) is 4.65. The van der Waals surface area contributed by atoms with Crippen molar-refractivity contribution in [1.82, 2.24) is 20.4 Å². The molecule has 1 aliphatic heterocycles. The first kappa shape index (κ1) is 27.9. The number of benzene rings is 2. The van der Waals surface area contributed by atoms with Crippen molar-refractivity contribution in [3.05, 3.63) is 71.8 Å². The second kappa shape index (κ2) is 16.9. The standard InChI is InChI=1S/C30H44N4O2/c35-29(27-15-7-5-8-16-27)31-19-11-1-3-13-21-33-23-25-34(26-24-33)22-14-4-2-12-20-32-30(36)28-17-9-6-10-18-28/h5-10,15-18H,1-4,11-14,19-26H2,(H,31,35)(H,32,36). The number of nitrogens with one attached hydrogen (secondary N) is 2. The number of hydrogen-bond donors (Lipinski definition) is 2. The van der Waals surface area contributed by atoms with E-state index in [9.17, 15) is 9.59 Å². The molecule has 0 spiro atoms. The van der Waals surface area contributed by atoms with Crippen LogP contribution in [0.15, 0.2) is 60.7 Å². The molecular formula is C30H44N4O2. The van der Waals surface area contributed by atoms with E-state index in [2.05, 4.69) is 20.4 Å². The van der Waals surface area contributed by atoms with Gasteiger partial charge in [0.1, 0.15) is 0 Å². The van der Waals surface area contributed by atoms with Gasteiger partial charge in [0.25, 0.3) is 11.8 Å². The molecule has 1 heterocycles. The van der Waals surface area contributed by atoms with Gasteiger partial charge in [0.05, 0.1) is 0 Å². The van der Waals surface area contributed by atoms with Gasteiger partial charge in [-0.1, -0.05) is 62.1 Å². The van der Waals surface area contributed by atoms with E-state index in [4.69, 9.17) is 0 Å². The summed E-state index contributed by atoms with van der Waals surface area (Å²) < 4.78 is 0. The fraction of sp³-hybridized carbons (Fsp3) is 0.533. The molecule has 0 saturated carbocycles. The van der Waals surface area contributed by atoms with Crippen LogP contribution >= 0.6 is 0 Å². The third-order valence-electron chi connectivity index (χ3n) is 6.91. The first-order valence-corrected chi connectivity index (χ1v) is 13.8. The highest BCUT2D eigenvalue weighted by Gasteiger charge is 2.15. The number of carbonyl (C=O) groups is 2. The number of hydrogen-bond acceptors (Lipinski definition) is 4. The van der Waals surface area contributed by atoms with E-state index in [1.54, 1.807) is 0 Å². The van der Waals surface area contributed by atoms with Gasteiger partial charge in [-0.05, 0) is 63.0 Å². The van der Waals surface area contributed by atoms with Gasteiger partial charge < -0.3 is 20.4 Å². The average molecular weight is 493 g/mol. The molecule has 2 aromatic carbocycles. The number of nitrogens with zero attached hydrogens (tertiary/aromatic N) is 2. The van der Waals surface area contributed by atoms with E-state index < -0.39 is 0 Å². The van der Waals surface area contributed by atoms with Crippen LogP contribution in [0, 0.1) is 0 Å². The molecule has 2 aromatic rings. The lowest BCUT2D eigenvalue weighted by Gasteiger charge is -2.34. The normalized spacial score (nSPS) is 14.4. The maximum absolute atomic E-state index is 12.0. The van der Waals surface area contributed by atoms with Gasteiger partial charge in [-0.25, -0.2) is 0 Å². The highest BCUT2D eigenvalue weighted by atomic mass is 16.2. The van der Waals surface area contributed by atoms with Crippen molar-refractivity contribution in [1.29, 1.82) is 0 Å². The molecule has 2 amide bonds. The highest BCUT2D eigenvalue weighted by molar-refractivity contribution is 5.94. The molecule has 0 radical (unpaired) electrons. The Bertz CT molecular complexity index is 794. The number of carbonyl (C=O) groups excluding carboxylic acids is 2. The van der Waals surface area contributed by atoms with Gasteiger partial charge in [-0.15, -0.1) is 0 Å². The van der Waals surface area contributed by atoms with Gasteiger partial charge in [-0.2, -0.15) is 0 Å². The van der Waals surface area contributed by atoms with Crippen LogP contribution in [0.2, 0.25) is 0 Å². The van der Waals surface area contributed by atoms with Crippen LogP contribution in [0.1, 0.15) is 72.1 Å². The molecule has 1 saturated heterocycles. The lowest BCUT2D eigenvalue weighted by atomic mass is 10.1. The predicted molar refractivity (Wildman–Crippen MR) is 147 cm³/mol. The van der Waals surface area contributed by atoms with E-state index in [-0.39, 0.29) is 11.8 Å². The van der Waals surface area contributed by atoms with Crippen LogP contribution in [-0.2, 0) is 0 Å². The number of amides is 2. The van der Waals surface area contributed by atoms with Crippen LogP contribution in [0.5, 0.6) is 0 Å². The van der Waals surface area contributed by atoms with Crippen molar-refractivity contribution < 1.29 is 9.59 Å². The molecule has 6 heteroatoms. The Morgan fingerprint density at radius 2 is 0.889 bits per heavy atom. The topological polar surface area (TPSA) is 64.7 Å². The summed E-state index contributed by atoms with van der Waals surface area (Å²) >= 11 is 0. The van der Waals surface area contributed by atoms with Crippen LogP contribution in [-0.4, -0.2) is 74.0 Å². The van der Waals surface area contributed by atoms with E-state index in [1.807, 2.05) is 60.7 Å². The first-order chi connectivity index (χ1) is 17.7. The first-order valence-electron chi connectivity index (χ1n) is 13.8. The summed E-state index contributed by atoms with van der Waals surface area (Å²) in [6.07, 6.45) is 9.38. The minimum Gasteiger partial charge on any atom is -0.352 e. The SMILES string of the molecule is O=C(NCCCCCCN1CCN(CCCCCCNC(=O)c2ccccc2)CC1)c1ccccc1. The van der Waals surface area contributed by atoms with E-state index in [0.29, 0.717) is 0 Å². The zero-order valence-electron chi connectivity index (χ0n) is 21.8. The zero-order valence-corrected chi connectivity index (χ0v) is 21.8. The van der Waals surface area contributed by atoms with E-state index in [1.165, 1.54) is 77.8 Å². The molecule has 196 valence electrons. The lowest BCUT2D eigenvalue weighted by Crippen LogP contribution is -2.46. The average Bonchev–Trinajstić information content (AvgIpc) is 2.93. The summed E-state index contributed by atoms with van der Waals surface area (Å²) in [5.74, 6) is 0.0570. The molecule has 1 aliphatic rings. The quantitative estimate of drug-likeness (QED) is 0.337. The smallest absolute Gasteiger partial charge is 0.251 e. The molecule has 1 fully saturated rings. The van der Waals surface area contributed by atoms with Gasteiger partial charge in [-0.3, -0.25) is 9.59 Å². The summed E-state index contributed by atoms with van der Waals surface area (Å²) in [5, 5.41) is 6.03. The van der Waals surface area contributed by atoms with Crippen molar-refractivity contribution in [2.24, 2.45) is 0 Å². The zero-order chi connectivity index (χ0) is 25.3. The molecule has 0 atom stereocenters. The summed E-state index contributed by atoms with van der Waals surface area (Å²) in [4.78, 5) is 29.2. The summed E-state index contributed by atoms with van der Waals surface area (Å²) in [6.45, 7) is 8.62. The Hall–Kier alpha value is -2.70. The monoisotopic (exact) mass is 492 g/mol. The Labute approximate surface area is 217 Å². The van der Waals surface area contributed by atoms with Crippen molar-refractivity contribution in [3.8, 4) is 0 Å². The molecular weight excluding hydrogens is 448 g/mol. The van der Waals surface area contributed by atoms with Crippen LogP contribution in [0.25, 0.3) is 0 Å².